The molecule has 0 bridgehead atoms. The zero-order chi connectivity index (χ0) is 18.2. The Balaban J connectivity index is 0.00000243. The number of rotatable bonds is 4. The van der Waals surface area contributed by atoms with Crippen molar-refractivity contribution in [2.24, 2.45) is 12.2 Å². The molecule has 2 aromatic carbocycles. The molecular weight excluding hydrogens is 378 g/mol. The average molecular weight is 396 g/mol. The fraction of sp³-hybridized carbons (Fsp3) is 0.176. The molecule has 138 valence electrons. The Kier molecular flexibility index (Phi) is 5.70. The number of ether oxygens (including phenoxy) is 1. The van der Waals surface area contributed by atoms with Gasteiger partial charge in [0.15, 0.2) is 0 Å². The van der Waals surface area contributed by atoms with Gasteiger partial charge < -0.3 is 4.74 Å². The minimum Gasteiger partial charge on any atom is -0.497 e. The highest BCUT2D eigenvalue weighted by atomic mass is 35.5. The first-order valence-electron chi connectivity index (χ1n) is 7.43. The average Bonchev–Trinajstić information content (AvgIpc) is 2.57. The van der Waals surface area contributed by atoms with Gasteiger partial charge in [0.25, 0.3) is 5.56 Å². The number of halogens is 1. The van der Waals surface area contributed by atoms with E-state index in [-0.39, 0.29) is 23.7 Å². The van der Waals surface area contributed by atoms with E-state index in [1.54, 1.807) is 56.6 Å². The van der Waals surface area contributed by atoms with Crippen molar-refractivity contribution in [3.05, 3.63) is 58.4 Å². The van der Waals surface area contributed by atoms with Crippen LogP contribution in [0.2, 0.25) is 0 Å². The smallest absolute Gasteiger partial charge is 0.274 e. The topological polar surface area (TPSA) is 104 Å². The maximum atomic E-state index is 12.3. The Morgan fingerprint density at radius 3 is 2.35 bits per heavy atom. The fourth-order valence-corrected chi connectivity index (χ4v) is 3.32. The van der Waals surface area contributed by atoms with Gasteiger partial charge >= 0.3 is 0 Å². The highest BCUT2D eigenvalue weighted by molar-refractivity contribution is 7.88. The normalized spacial score (nSPS) is 11.2. The molecule has 3 rings (SSSR count). The first-order valence-corrected chi connectivity index (χ1v) is 9.15. The number of primary sulfonamides is 1. The van der Waals surface area contributed by atoms with Crippen molar-refractivity contribution in [1.82, 2.24) is 9.78 Å². The van der Waals surface area contributed by atoms with Crippen LogP contribution in [0.15, 0.2) is 47.3 Å². The van der Waals surface area contributed by atoms with Gasteiger partial charge in [0, 0.05) is 18.0 Å². The Labute approximate surface area is 156 Å². The van der Waals surface area contributed by atoms with Gasteiger partial charge in [-0.2, -0.15) is 5.10 Å². The molecule has 0 atom stereocenters. The molecule has 0 radical (unpaired) electrons. The Morgan fingerprint density at radius 1 is 1.12 bits per heavy atom. The molecule has 9 heteroatoms. The molecule has 0 unspecified atom stereocenters. The number of methoxy groups -OCH3 is 1. The summed E-state index contributed by atoms with van der Waals surface area (Å²) in [7, 11) is -0.447. The maximum absolute atomic E-state index is 12.3. The van der Waals surface area contributed by atoms with E-state index in [0.29, 0.717) is 27.8 Å². The third kappa shape index (κ3) is 4.04. The lowest BCUT2D eigenvalue weighted by Gasteiger charge is -2.10. The molecule has 3 aromatic rings. The first kappa shape index (κ1) is 19.9. The minimum atomic E-state index is -3.59. The van der Waals surface area contributed by atoms with E-state index in [1.807, 2.05) is 0 Å². The summed E-state index contributed by atoms with van der Waals surface area (Å²) in [6, 6.07) is 12.1. The number of sulfonamides is 1. The van der Waals surface area contributed by atoms with Gasteiger partial charge in [0.2, 0.25) is 10.0 Å². The van der Waals surface area contributed by atoms with Gasteiger partial charge in [-0.15, -0.1) is 12.4 Å². The van der Waals surface area contributed by atoms with Crippen molar-refractivity contribution in [3.63, 3.8) is 0 Å². The summed E-state index contributed by atoms with van der Waals surface area (Å²) < 4.78 is 28.9. The van der Waals surface area contributed by atoms with Crippen LogP contribution in [0.25, 0.3) is 22.0 Å². The van der Waals surface area contributed by atoms with Crippen LogP contribution in [0.1, 0.15) is 5.56 Å². The lowest BCUT2D eigenvalue weighted by Crippen LogP contribution is -2.20. The third-order valence-electron chi connectivity index (χ3n) is 3.85. The van der Waals surface area contributed by atoms with Crippen molar-refractivity contribution >= 4 is 33.2 Å². The van der Waals surface area contributed by atoms with Crippen LogP contribution < -0.4 is 15.4 Å². The van der Waals surface area contributed by atoms with Crippen LogP contribution in [0, 0.1) is 0 Å². The van der Waals surface area contributed by atoms with E-state index in [4.69, 9.17) is 9.88 Å². The molecule has 26 heavy (non-hydrogen) atoms. The second-order valence-electron chi connectivity index (χ2n) is 5.69. The number of hydrogen-bond acceptors (Lipinski definition) is 5. The van der Waals surface area contributed by atoms with E-state index in [2.05, 4.69) is 5.10 Å². The molecule has 0 saturated carbocycles. The number of hydrogen-bond donors (Lipinski definition) is 1. The Morgan fingerprint density at radius 2 is 1.77 bits per heavy atom. The fourth-order valence-electron chi connectivity index (χ4n) is 2.66. The number of benzene rings is 2. The van der Waals surface area contributed by atoms with Crippen LogP contribution >= 0.6 is 12.4 Å². The number of nitrogens with two attached hydrogens (primary N) is 1. The van der Waals surface area contributed by atoms with Crippen molar-refractivity contribution in [1.29, 1.82) is 0 Å². The molecule has 0 aliphatic carbocycles. The summed E-state index contributed by atoms with van der Waals surface area (Å²) in [5.41, 5.74) is 1.75. The van der Waals surface area contributed by atoms with Crippen LogP contribution in [0.4, 0.5) is 0 Å². The molecule has 0 spiro atoms. The highest BCUT2D eigenvalue weighted by Crippen LogP contribution is 2.28. The van der Waals surface area contributed by atoms with Gasteiger partial charge in [-0.3, -0.25) is 4.79 Å². The SMILES string of the molecule is COc1ccc2c(=O)n(C)nc(-c3ccc(CS(N)(=O)=O)cc3)c2c1.Cl. The van der Waals surface area contributed by atoms with Crippen molar-refractivity contribution in [2.45, 2.75) is 5.75 Å². The molecular formula is C17H18ClN3O4S. The van der Waals surface area contributed by atoms with Gasteiger partial charge in [0.05, 0.1) is 23.9 Å². The summed E-state index contributed by atoms with van der Waals surface area (Å²) in [5, 5.41) is 10.6. The van der Waals surface area contributed by atoms with Crippen LogP contribution in [-0.4, -0.2) is 25.3 Å². The predicted molar refractivity (Wildman–Crippen MR) is 103 cm³/mol. The van der Waals surface area contributed by atoms with E-state index in [1.165, 1.54) is 4.68 Å². The molecule has 0 aliphatic heterocycles. The first-order chi connectivity index (χ1) is 11.8. The van der Waals surface area contributed by atoms with Crippen molar-refractivity contribution in [3.8, 4) is 17.0 Å². The van der Waals surface area contributed by atoms with E-state index in [9.17, 15) is 13.2 Å². The summed E-state index contributed by atoms with van der Waals surface area (Å²) in [6.07, 6.45) is 0. The summed E-state index contributed by atoms with van der Waals surface area (Å²) >= 11 is 0. The largest absolute Gasteiger partial charge is 0.497 e. The second-order valence-corrected chi connectivity index (χ2v) is 7.31. The van der Waals surface area contributed by atoms with Crippen LogP contribution in [0.5, 0.6) is 5.75 Å². The predicted octanol–water partition coefficient (Wildman–Crippen LogP) is 1.82. The molecule has 0 aliphatic rings. The quantitative estimate of drug-likeness (QED) is 0.725. The van der Waals surface area contributed by atoms with Gasteiger partial charge in [-0.05, 0) is 23.8 Å². The zero-order valence-electron chi connectivity index (χ0n) is 14.2. The van der Waals surface area contributed by atoms with Crippen LogP contribution in [0.3, 0.4) is 0 Å². The molecule has 0 saturated heterocycles. The molecule has 0 amide bonds. The number of nitrogens with zero attached hydrogens (tertiary/aromatic N) is 2. The number of fused-ring (bicyclic) bond motifs is 1. The van der Waals surface area contributed by atoms with Crippen molar-refractivity contribution < 1.29 is 13.2 Å². The summed E-state index contributed by atoms with van der Waals surface area (Å²) in [6.45, 7) is 0. The van der Waals surface area contributed by atoms with Gasteiger partial charge in [0.1, 0.15) is 5.75 Å². The summed E-state index contributed by atoms with van der Waals surface area (Å²) in [5.74, 6) is 0.386. The molecule has 7 nitrogen and oxygen atoms in total. The van der Waals surface area contributed by atoms with Gasteiger partial charge in [-0.25, -0.2) is 18.2 Å². The summed E-state index contributed by atoms with van der Waals surface area (Å²) in [4.78, 5) is 12.3. The second kappa shape index (κ2) is 7.45. The third-order valence-corrected chi connectivity index (χ3v) is 4.59. The lowest BCUT2D eigenvalue weighted by molar-refractivity contribution is 0.415. The van der Waals surface area contributed by atoms with Crippen molar-refractivity contribution in [2.75, 3.05) is 7.11 Å². The molecule has 0 fully saturated rings. The monoisotopic (exact) mass is 395 g/mol. The Hall–Kier alpha value is -2.42. The van der Waals surface area contributed by atoms with Crippen LogP contribution in [-0.2, 0) is 22.8 Å². The lowest BCUT2D eigenvalue weighted by atomic mass is 10.0. The van der Waals surface area contributed by atoms with E-state index in [0.717, 1.165) is 5.56 Å². The number of aryl methyl sites for hydroxylation is 1. The highest BCUT2D eigenvalue weighted by Gasteiger charge is 2.13. The van der Waals surface area contributed by atoms with E-state index >= 15 is 0 Å². The molecule has 1 aromatic heterocycles. The van der Waals surface area contributed by atoms with E-state index < -0.39 is 10.0 Å². The Bertz CT molecular complexity index is 1110. The molecule has 1 heterocycles. The zero-order valence-corrected chi connectivity index (χ0v) is 15.8. The standard InChI is InChI=1S/C17H17N3O4S.ClH/c1-20-17(21)14-8-7-13(24-2)9-15(14)16(19-20)12-5-3-11(4-6-12)10-25(18,22)23;/h3-9H,10H2,1-2H3,(H2,18,22,23);1H. The molecule has 2 N–H and O–H groups in total. The maximum Gasteiger partial charge on any atom is 0.274 e. The number of aromatic nitrogens is 2. The minimum absolute atomic E-state index is 0. The van der Waals surface area contributed by atoms with Gasteiger partial charge in [-0.1, -0.05) is 24.3 Å².